The van der Waals surface area contributed by atoms with Crippen molar-refractivity contribution in [1.29, 1.82) is 0 Å². The fourth-order valence-electron chi connectivity index (χ4n) is 2.73. The Bertz CT molecular complexity index is 688. The summed E-state index contributed by atoms with van der Waals surface area (Å²) in [4.78, 5) is 23.0. The van der Waals surface area contributed by atoms with Crippen molar-refractivity contribution in [2.45, 2.75) is 32.3 Å². The van der Waals surface area contributed by atoms with Crippen LogP contribution in [0.4, 0.5) is 0 Å². The Kier molecular flexibility index (Phi) is 5.65. The van der Waals surface area contributed by atoms with E-state index in [9.17, 15) is 4.79 Å². The van der Waals surface area contributed by atoms with E-state index in [0.29, 0.717) is 12.6 Å². The average Bonchev–Trinajstić information content (AvgIpc) is 2.63. The van der Waals surface area contributed by atoms with Crippen LogP contribution in [0.15, 0.2) is 36.7 Å². The SMILES string of the molecule is CCc1cnc(OC2CCCN(C(=O)c3ccc(I)cc3)C2)nc1. The number of carbonyl (C=O) groups excluding carboxylic acids is 1. The van der Waals surface area contributed by atoms with Crippen LogP contribution in [0.5, 0.6) is 6.01 Å². The molecule has 1 aliphatic heterocycles. The summed E-state index contributed by atoms with van der Waals surface area (Å²) in [5.41, 5.74) is 1.81. The molecule has 126 valence electrons. The molecule has 0 bridgehead atoms. The predicted molar refractivity (Wildman–Crippen MR) is 100 cm³/mol. The fraction of sp³-hybridized carbons (Fsp3) is 0.389. The molecule has 6 heteroatoms. The van der Waals surface area contributed by atoms with Gasteiger partial charge < -0.3 is 9.64 Å². The number of ether oxygens (including phenoxy) is 1. The number of aromatic nitrogens is 2. The third-order valence-corrected chi connectivity index (χ3v) is 4.84. The number of nitrogens with zero attached hydrogens (tertiary/aromatic N) is 3. The Labute approximate surface area is 155 Å². The molecule has 0 saturated carbocycles. The third kappa shape index (κ3) is 4.23. The first-order chi connectivity index (χ1) is 11.7. The van der Waals surface area contributed by atoms with Crippen molar-refractivity contribution in [2.24, 2.45) is 0 Å². The highest BCUT2D eigenvalue weighted by molar-refractivity contribution is 14.1. The lowest BCUT2D eigenvalue weighted by Crippen LogP contribution is -2.44. The number of hydrogen-bond donors (Lipinski definition) is 0. The van der Waals surface area contributed by atoms with Crippen molar-refractivity contribution in [1.82, 2.24) is 14.9 Å². The van der Waals surface area contributed by atoms with Gasteiger partial charge in [0.1, 0.15) is 6.10 Å². The van der Waals surface area contributed by atoms with E-state index in [1.54, 1.807) is 12.4 Å². The second-order valence-electron chi connectivity index (χ2n) is 5.87. The van der Waals surface area contributed by atoms with Gasteiger partial charge >= 0.3 is 6.01 Å². The number of halogens is 1. The number of hydrogen-bond acceptors (Lipinski definition) is 4. The van der Waals surface area contributed by atoms with Gasteiger partial charge in [0.15, 0.2) is 0 Å². The van der Waals surface area contributed by atoms with E-state index in [1.807, 2.05) is 29.2 Å². The van der Waals surface area contributed by atoms with Crippen LogP contribution < -0.4 is 4.74 Å². The molecular formula is C18H20IN3O2. The molecule has 1 unspecified atom stereocenters. The summed E-state index contributed by atoms with van der Waals surface area (Å²) < 4.78 is 6.99. The maximum Gasteiger partial charge on any atom is 0.316 e. The first-order valence-electron chi connectivity index (χ1n) is 8.18. The standard InChI is InChI=1S/C18H20IN3O2/c1-2-13-10-20-18(21-11-13)24-16-4-3-9-22(12-16)17(23)14-5-7-15(19)8-6-14/h5-8,10-11,16H,2-4,9,12H2,1H3. The third-order valence-electron chi connectivity index (χ3n) is 4.12. The molecule has 0 N–H and O–H groups in total. The van der Waals surface area contributed by atoms with Gasteiger partial charge in [-0.25, -0.2) is 9.97 Å². The Balaban J connectivity index is 1.63. The molecule has 1 atom stereocenters. The van der Waals surface area contributed by atoms with Gasteiger partial charge in [-0.15, -0.1) is 0 Å². The highest BCUT2D eigenvalue weighted by Crippen LogP contribution is 2.18. The molecule has 1 aromatic heterocycles. The first-order valence-corrected chi connectivity index (χ1v) is 9.26. The Morgan fingerprint density at radius 1 is 1.29 bits per heavy atom. The Hall–Kier alpha value is -1.70. The predicted octanol–water partition coefficient (Wildman–Crippen LogP) is 3.33. The molecule has 1 fully saturated rings. The van der Waals surface area contributed by atoms with Gasteiger partial charge in [-0.3, -0.25) is 4.79 Å². The van der Waals surface area contributed by atoms with Crippen molar-refractivity contribution >= 4 is 28.5 Å². The largest absolute Gasteiger partial charge is 0.458 e. The lowest BCUT2D eigenvalue weighted by atomic mass is 10.1. The summed E-state index contributed by atoms with van der Waals surface area (Å²) in [6, 6.07) is 8.05. The molecule has 0 radical (unpaired) electrons. The lowest BCUT2D eigenvalue weighted by molar-refractivity contribution is 0.0515. The maximum atomic E-state index is 12.6. The van der Waals surface area contributed by atoms with Crippen molar-refractivity contribution in [3.63, 3.8) is 0 Å². The summed E-state index contributed by atoms with van der Waals surface area (Å²) >= 11 is 2.24. The van der Waals surface area contributed by atoms with Crippen molar-refractivity contribution in [3.05, 3.63) is 51.4 Å². The van der Waals surface area contributed by atoms with Gasteiger partial charge in [0.25, 0.3) is 5.91 Å². The van der Waals surface area contributed by atoms with Crippen LogP contribution in [-0.2, 0) is 6.42 Å². The van der Waals surface area contributed by atoms with E-state index >= 15 is 0 Å². The minimum atomic E-state index is -0.0565. The van der Waals surface area contributed by atoms with E-state index in [1.165, 1.54) is 0 Å². The summed E-state index contributed by atoms with van der Waals surface area (Å²) in [6.45, 7) is 3.40. The first kappa shape index (κ1) is 17.1. The monoisotopic (exact) mass is 437 g/mol. The zero-order valence-corrected chi connectivity index (χ0v) is 15.8. The molecule has 1 saturated heterocycles. The van der Waals surface area contributed by atoms with E-state index in [2.05, 4.69) is 39.5 Å². The van der Waals surface area contributed by atoms with Gasteiger partial charge in [0.05, 0.1) is 6.54 Å². The molecular weight excluding hydrogens is 417 g/mol. The molecule has 1 amide bonds. The minimum Gasteiger partial charge on any atom is -0.458 e. The van der Waals surface area contributed by atoms with Crippen LogP contribution in [-0.4, -0.2) is 40.0 Å². The normalized spacial score (nSPS) is 17.6. The lowest BCUT2D eigenvalue weighted by Gasteiger charge is -2.32. The molecule has 0 aliphatic carbocycles. The number of rotatable bonds is 4. The van der Waals surface area contributed by atoms with Crippen LogP contribution >= 0.6 is 22.6 Å². The summed E-state index contributed by atoms with van der Waals surface area (Å²) in [7, 11) is 0. The van der Waals surface area contributed by atoms with Gasteiger partial charge in [-0.2, -0.15) is 0 Å². The van der Waals surface area contributed by atoms with Crippen molar-refractivity contribution < 1.29 is 9.53 Å². The van der Waals surface area contributed by atoms with E-state index in [-0.39, 0.29) is 12.0 Å². The number of aryl methyl sites for hydroxylation is 1. The van der Waals surface area contributed by atoms with Crippen LogP contribution in [0.3, 0.4) is 0 Å². The molecule has 3 rings (SSSR count). The zero-order chi connectivity index (χ0) is 16.9. The topological polar surface area (TPSA) is 55.3 Å². The highest BCUT2D eigenvalue weighted by atomic mass is 127. The molecule has 1 aliphatic rings. The van der Waals surface area contributed by atoms with Crippen LogP contribution in [0.1, 0.15) is 35.7 Å². The second-order valence-corrected chi connectivity index (χ2v) is 7.11. The molecule has 24 heavy (non-hydrogen) atoms. The molecule has 2 aromatic rings. The summed E-state index contributed by atoms with van der Waals surface area (Å²) in [5, 5.41) is 0. The molecule has 2 heterocycles. The Morgan fingerprint density at radius 2 is 2.00 bits per heavy atom. The van der Waals surface area contributed by atoms with Crippen molar-refractivity contribution in [3.8, 4) is 6.01 Å². The molecule has 5 nitrogen and oxygen atoms in total. The van der Waals surface area contributed by atoms with Gasteiger partial charge in [-0.1, -0.05) is 6.92 Å². The highest BCUT2D eigenvalue weighted by Gasteiger charge is 2.26. The van der Waals surface area contributed by atoms with Crippen molar-refractivity contribution in [2.75, 3.05) is 13.1 Å². The van der Waals surface area contributed by atoms with Gasteiger partial charge in [0, 0.05) is 28.1 Å². The van der Waals surface area contributed by atoms with E-state index in [4.69, 9.17) is 4.74 Å². The number of carbonyl (C=O) groups is 1. The van der Waals surface area contributed by atoms with E-state index in [0.717, 1.165) is 40.5 Å². The smallest absolute Gasteiger partial charge is 0.316 e. The van der Waals surface area contributed by atoms with Crippen LogP contribution in [0, 0.1) is 3.57 Å². The fourth-order valence-corrected chi connectivity index (χ4v) is 3.09. The van der Waals surface area contributed by atoms with E-state index < -0.39 is 0 Å². The zero-order valence-electron chi connectivity index (χ0n) is 13.6. The van der Waals surface area contributed by atoms with Crippen LogP contribution in [0.25, 0.3) is 0 Å². The second kappa shape index (κ2) is 7.92. The molecule has 0 spiro atoms. The number of amides is 1. The van der Waals surface area contributed by atoms with Gasteiger partial charge in [0.2, 0.25) is 0 Å². The summed E-state index contributed by atoms with van der Waals surface area (Å²) in [6.07, 6.45) is 6.27. The minimum absolute atomic E-state index is 0.0565. The van der Waals surface area contributed by atoms with Crippen LogP contribution in [0.2, 0.25) is 0 Å². The average molecular weight is 437 g/mol. The number of likely N-dealkylation sites (tertiary alicyclic amines) is 1. The number of benzene rings is 1. The molecule has 1 aromatic carbocycles. The summed E-state index contributed by atoms with van der Waals surface area (Å²) in [5.74, 6) is 0.0574. The van der Waals surface area contributed by atoms with Gasteiger partial charge in [-0.05, 0) is 71.7 Å². The maximum absolute atomic E-state index is 12.6. The Morgan fingerprint density at radius 3 is 2.67 bits per heavy atom. The quantitative estimate of drug-likeness (QED) is 0.689. The number of piperidine rings is 1.